The van der Waals surface area contributed by atoms with Crippen molar-refractivity contribution in [3.63, 3.8) is 0 Å². The fourth-order valence-electron chi connectivity index (χ4n) is 3.39. The van der Waals surface area contributed by atoms with Gasteiger partial charge in [0.05, 0.1) is 19.8 Å². The molecule has 1 heterocycles. The lowest BCUT2D eigenvalue weighted by Gasteiger charge is -2.27. The summed E-state index contributed by atoms with van der Waals surface area (Å²) in [5.74, 6) is 0.852. The van der Waals surface area contributed by atoms with Crippen LogP contribution < -0.4 is 10.6 Å². The van der Waals surface area contributed by atoms with Gasteiger partial charge in [0.25, 0.3) is 0 Å². The zero-order chi connectivity index (χ0) is 19.6. The van der Waals surface area contributed by atoms with Crippen molar-refractivity contribution in [1.82, 2.24) is 15.5 Å². The highest BCUT2D eigenvalue weighted by Crippen LogP contribution is 2.13. The summed E-state index contributed by atoms with van der Waals surface area (Å²) in [5, 5.41) is 6.85. The van der Waals surface area contributed by atoms with Gasteiger partial charge in [0.1, 0.15) is 0 Å². The Bertz CT molecular complexity index is 775. The molecule has 6 heteroatoms. The van der Waals surface area contributed by atoms with Crippen LogP contribution in [0.1, 0.15) is 29.2 Å². The van der Waals surface area contributed by atoms with E-state index in [2.05, 4.69) is 77.9 Å². The maximum atomic E-state index is 5.47. The number of nitrogens with one attached hydrogen (secondary N) is 2. The van der Waals surface area contributed by atoms with E-state index in [1.54, 1.807) is 0 Å². The summed E-state index contributed by atoms with van der Waals surface area (Å²) in [5.41, 5.74) is 5.18. The van der Waals surface area contributed by atoms with Gasteiger partial charge >= 0.3 is 0 Å². The first-order chi connectivity index (χ1) is 13.7. The topological polar surface area (TPSA) is 48.9 Å². The van der Waals surface area contributed by atoms with Gasteiger partial charge in [0.15, 0.2) is 5.96 Å². The fraction of sp³-hybridized carbons (Fsp3) is 0.435. The second-order valence-electron chi connectivity index (χ2n) is 7.20. The van der Waals surface area contributed by atoms with Crippen LogP contribution in [0.15, 0.2) is 53.5 Å². The average Bonchev–Trinajstić information content (AvgIpc) is 2.72. The molecule has 3 rings (SSSR count). The zero-order valence-corrected chi connectivity index (χ0v) is 19.8. The Kier molecular flexibility index (Phi) is 10.5. The van der Waals surface area contributed by atoms with E-state index in [0.29, 0.717) is 6.54 Å². The van der Waals surface area contributed by atoms with Crippen molar-refractivity contribution in [3.8, 4) is 0 Å². The third kappa shape index (κ3) is 7.95. The van der Waals surface area contributed by atoms with Crippen LogP contribution >= 0.6 is 24.0 Å². The highest BCUT2D eigenvalue weighted by Gasteiger charge is 2.12. The van der Waals surface area contributed by atoms with Crippen LogP contribution in [0, 0.1) is 6.92 Å². The maximum absolute atomic E-state index is 5.47. The number of morpholine rings is 1. The lowest BCUT2D eigenvalue weighted by atomic mass is 10.1. The number of rotatable bonds is 7. The van der Waals surface area contributed by atoms with E-state index in [-0.39, 0.29) is 24.0 Å². The molecule has 0 spiro atoms. The Morgan fingerprint density at radius 3 is 2.52 bits per heavy atom. The molecule has 5 nitrogen and oxygen atoms in total. The molecule has 2 aromatic rings. The summed E-state index contributed by atoms with van der Waals surface area (Å²) < 4.78 is 5.47. The molecule has 1 saturated heterocycles. The van der Waals surface area contributed by atoms with E-state index in [9.17, 15) is 0 Å². The predicted octanol–water partition coefficient (Wildman–Crippen LogP) is 3.70. The van der Waals surface area contributed by atoms with Gasteiger partial charge in [-0.25, -0.2) is 4.99 Å². The molecule has 0 aliphatic carbocycles. The Labute approximate surface area is 192 Å². The van der Waals surface area contributed by atoms with Crippen molar-refractivity contribution < 1.29 is 4.74 Å². The van der Waals surface area contributed by atoms with Crippen molar-refractivity contribution in [2.45, 2.75) is 33.5 Å². The van der Waals surface area contributed by atoms with Crippen molar-refractivity contribution in [1.29, 1.82) is 0 Å². The number of guanidine groups is 1. The molecule has 158 valence electrons. The van der Waals surface area contributed by atoms with Crippen molar-refractivity contribution in [3.05, 3.63) is 70.8 Å². The van der Waals surface area contributed by atoms with Crippen LogP contribution in [0.2, 0.25) is 0 Å². The van der Waals surface area contributed by atoms with Gasteiger partial charge in [0, 0.05) is 32.7 Å². The van der Waals surface area contributed by atoms with Gasteiger partial charge in [-0.05, 0) is 30.5 Å². The summed E-state index contributed by atoms with van der Waals surface area (Å²) in [6.45, 7) is 11.1. The van der Waals surface area contributed by atoms with Crippen molar-refractivity contribution in [2.24, 2.45) is 4.99 Å². The summed E-state index contributed by atoms with van der Waals surface area (Å²) in [6, 6.07) is 17.2. The van der Waals surface area contributed by atoms with E-state index in [4.69, 9.17) is 9.73 Å². The Morgan fingerprint density at radius 1 is 1.03 bits per heavy atom. The smallest absolute Gasteiger partial charge is 0.191 e. The van der Waals surface area contributed by atoms with Crippen LogP contribution in [-0.4, -0.2) is 43.7 Å². The highest BCUT2D eigenvalue weighted by molar-refractivity contribution is 14.0. The number of hydrogen-bond donors (Lipinski definition) is 2. The first-order valence-corrected chi connectivity index (χ1v) is 10.2. The third-order valence-electron chi connectivity index (χ3n) is 4.91. The van der Waals surface area contributed by atoms with E-state index in [1.807, 2.05) is 0 Å². The first-order valence-electron chi connectivity index (χ1n) is 10.2. The first kappa shape index (κ1) is 23.6. The Hall–Kier alpha value is -1.64. The summed E-state index contributed by atoms with van der Waals surface area (Å²) in [6.07, 6.45) is 0. The number of aliphatic imine (C=N–C) groups is 1. The van der Waals surface area contributed by atoms with E-state index < -0.39 is 0 Å². The Balaban J connectivity index is 0.00000300. The SMILES string of the molecule is CCNC(=NCc1cccc(C)c1)NCc1ccccc1CN1CCOCC1.I. The quantitative estimate of drug-likeness (QED) is 0.340. The summed E-state index contributed by atoms with van der Waals surface area (Å²) >= 11 is 0. The molecule has 0 unspecified atom stereocenters. The predicted molar refractivity (Wildman–Crippen MR) is 131 cm³/mol. The molecule has 0 bridgehead atoms. The fourth-order valence-corrected chi connectivity index (χ4v) is 3.39. The standard InChI is InChI=1S/C23H32N4O.HI/c1-3-24-23(25-16-20-8-6-7-19(2)15-20)26-17-21-9-4-5-10-22(21)18-27-11-13-28-14-12-27;/h4-10,15H,3,11-14,16-18H2,1-2H3,(H2,24,25,26);1H. The average molecular weight is 508 g/mol. The van der Waals surface area contributed by atoms with Crippen LogP contribution in [0.4, 0.5) is 0 Å². The van der Waals surface area contributed by atoms with E-state index >= 15 is 0 Å². The van der Waals surface area contributed by atoms with Crippen LogP contribution in [0.3, 0.4) is 0 Å². The molecule has 29 heavy (non-hydrogen) atoms. The third-order valence-corrected chi connectivity index (χ3v) is 4.91. The van der Waals surface area contributed by atoms with E-state index in [0.717, 1.165) is 51.9 Å². The largest absolute Gasteiger partial charge is 0.379 e. The number of aryl methyl sites for hydroxylation is 1. The van der Waals surface area contributed by atoms with E-state index in [1.165, 1.54) is 22.3 Å². The number of halogens is 1. The minimum absolute atomic E-state index is 0. The number of nitrogens with zero attached hydrogens (tertiary/aromatic N) is 2. The van der Waals surface area contributed by atoms with Gasteiger partial charge < -0.3 is 15.4 Å². The second kappa shape index (κ2) is 12.8. The van der Waals surface area contributed by atoms with Gasteiger partial charge in [-0.1, -0.05) is 54.1 Å². The number of hydrogen-bond acceptors (Lipinski definition) is 3. The van der Waals surface area contributed by atoms with Gasteiger partial charge in [-0.15, -0.1) is 24.0 Å². The second-order valence-corrected chi connectivity index (χ2v) is 7.20. The van der Waals surface area contributed by atoms with Gasteiger partial charge in [-0.2, -0.15) is 0 Å². The minimum Gasteiger partial charge on any atom is -0.379 e. The van der Waals surface area contributed by atoms with Crippen LogP contribution in [0.5, 0.6) is 0 Å². The number of benzene rings is 2. The summed E-state index contributed by atoms with van der Waals surface area (Å²) in [7, 11) is 0. The maximum Gasteiger partial charge on any atom is 0.191 e. The molecule has 1 aliphatic heterocycles. The van der Waals surface area contributed by atoms with Crippen LogP contribution in [0.25, 0.3) is 0 Å². The lowest BCUT2D eigenvalue weighted by Crippen LogP contribution is -2.38. The molecular weight excluding hydrogens is 475 g/mol. The van der Waals surface area contributed by atoms with Crippen molar-refractivity contribution in [2.75, 3.05) is 32.8 Å². The molecule has 2 N–H and O–H groups in total. The van der Waals surface area contributed by atoms with Crippen molar-refractivity contribution >= 4 is 29.9 Å². The Morgan fingerprint density at radius 2 is 1.79 bits per heavy atom. The molecular formula is C23H33IN4O. The van der Waals surface area contributed by atoms with Crippen LogP contribution in [-0.2, 0) is 24.4 Å². The minimum atomic E-state index is 0. The molecule has 0 saturated carbocycles. The number of ether oxygens (including phenoxy) is 1. The highest BCUT2D eigenvalue weighted by atomic mass is 127. The van der Waals surface area contributed by atoms with Gasteiger partial charge in [-0.3, -0.25) is 4.90 Å². The monoisotopic (exact) mass is 508 g/mol. The molecule has 1 fully saturated rings. The lowest BCUT2D eigenvalue weighted by molar-refractivity contribution is 0.0341. The molecule has 0 aromatic heterocycles. The normalized spacial score (nSPS) is 14.9. The summed E-state index contributed by atoms with van der Waals surface area (Å²) in [4.78, 5) is 7.21. The zero-order valence-electron chi connectivity index (χ0n) is 17.5. The molecule has 0 atom stereocenters. The molecule has 1 aliphatic rings. The molecule has 0 radical (unpaired) electrons. The molecule has 0 amide bonds. The van der Waals surface area contributed by atoms with Gasteiger partial charge in [0.2, 0.25) is 0 Å². The molecule has 2 aromatic carbocycles.